The third-order valence-corrected chi connectivity index (χ3v) is 3.73. The van der Waals surface area contributed by atoms with Crippen LogP contribution in [0.15, 0.2) is 30.3 Å². The minimum absolute atomic E-state index is 0.0409. The number of hydrogen-bond donors (Lipinski definition) is 0. The van der Waals surface area contributed by atoms with Crippen LogP contribution in [0.5, 0.6) is 0 Å². The minimum atomic E-state index is -0.182. The Morgan fingerprint density at radius 3 is 2.42 bits per heavy atom. The van der Waals surface area contributed by atoms with E-state index in [0.717, 1.165) is 19.3 Å². The molecule has 0 aliphatic heterocycles. The van der Waals surface area contributed by atoms with Gasteiger partial charge in [0.15, 0.2) is 0 Å². The molecular weight excluding hydrogens is 234 g/mol. The van der Waals surface area contributed by atoms with Crippen LogP contribution in [0.3, 0.4) is 0 Å². The molecule has 0 heterocycles. The van der Waals surface area contributed by atoms with E-state index in [1.165, 1.54) is 5.56 Å². The summed E-state index contributed by atoms with van der Waals surface area (Å²) in [6, 6.07) is 13.0. The Morgan fingerprint density at radius 2 is 1.84 bits per heavy atom. The predicted octanol–water partition coefficient (Wildman–Crippen LogP) is 4.28. The van der Waals surface area contributed by atoms with Crippen LogP contribution < -0.4 is 0 Å². The van der Waals surface area contributed by atoms with Crippen molar-refractivity contribution in [2.24, 2.45) is 5.92 Å². The van der Waals surface area contributed by atoms with Crippen LogP contribution in [0.25, 0.3) is 0 Å². The van der Waals surface area contributed by atoms with Gasteiger partial charge in [0.05, 0.1) is 23.7 Å². The van der Waals surface area contributed by atoms with Crippen LogP contribution in [0, 0.1) is 17.2 Å². The van der Waals surface area contributed by atoms with Gasteiger partial charge in [-0.1, -0.05) is 30.3 Å². The fraction of sp³-hybridized carbons (Fsp3) is 0.588. The van der Waals surface area contributed by atoms with Crippen LogP contribution in [0.1, 0.15) is 51.5 Å². The second-order valence-corrected chi connectivity index (χ2v) is 6.42. The standard InChI is InChI=1S/C17H23NO/c1-17(2,3)19-16-11-14(9-10-15(16)12-18)13-7-5-4-6-8-13/h4-8,14-16H,9-11H2,1-3H3. The van der Waals surface area contributed by atoms with E-state index >= 15 is 0 Å². The van der Waals surface area contributed by atoms with E-state index in [0.29, 0.717) is 5.92 Å². The second kappa shape index (κ2) is 5.75. The van der Waals surface area contributed by atoms with Crippen molar-refractivity contribution in [3.63, 3.8) is 0 Å². The molecule has 0 spiro atoms. The Kier molecular flexibility index (Phi) is 4.27. The fourth-order valence-corrected chi connectivity index (χ4v) is 2.89. The topological polar surface area (TPSA) is 33.0 Å². The van der Waals surface area contributed by atoms with Gasteiger partial charge in [0.2, 0.25) is 0 Å². The maximum Gasteiger partial charge on any atom is 0.0746 e. The molecule has 1 saturated carbocycles. The molecule has 3 atom stereocenters. The van der Waals surface area contributed by atoms with E-state index in [1.807, 2.05) is 6.07 Å². The Labute approximate surface area is 116 Å². The zero-order valence-corrected chi connectivity index (χ0v) is 12.1. The molecule has 19 heavy (non-hydrogen) atoms. The molecule has 2 nitrogen and oxygen atoms in total. The molecule has 1 aromatic rings. The maximum absolute atomic E-state index is 9.29. The van der Waals surface area contributed by atoms with Gasteiger partial charge in [-0.05, 0) is 51.5 Å². The highest BCUT2D eigenvalue weighted by Gasteiger charge is 2.34. The van der Waals surface area contributed by atoms with Gasteiger partial charge in [0, 0.05) is 0 Å². The average molecular weight is 257 g/mol. The van der Waals surface area contributed by atoms with Crippen LogP contribution in [-0.2, 0) is 4.74 Å². The summed E-state index contributed by atoms with van der Waals surface area (Å²) in [4.78, 5) is 0. The zero-order valence-electron chi connectivity index (χ0n) is 12.1. The average Bonchev–Trinajstić information content (AvgIpc) is 2.38. The maximum atomic E-state index is 9.29. The number of ether oxygens (including phenoxy) is 1. The highest BCUT2D eigenvalue weighted by molar-refractivity contribution is 5.21. The van der Waals surface area contributed by atoms with Crippen molar-refractivity contribution in [2.75, 3.05) is 0 Å². The molecule has 2 heteroatoms. The summed E-state index contributed by atoms with van der Waals surface area (Å²) in [5, 5.41) is 9.29. The quantitative estimate of drug-likeness (QED) is 0.792. The first-order valence-corrected chi connectivity index (χ1v) is 7.12. The summed E-state index contributed by atoms with van der Waals surface area (Å²) in [7, 11) is 0. The molecule has 1 aliphatic carbocycles. The number of rotatable bonds is 2. The summed E-state index contributed by atoms with van der Waals surface area (Å²) in [6.07, 6.45) is 3.05. The Bertz CT molecular complexity index is 441. The highest BCUT2D eigenvalue weighted by atomic mass is 16.5. The van der Waals surface area contributed by atoms with Gasteiger partial charge in [-0.25, -0.2) is 0 Å². The van der Waals surface area contributed by atoms with E-state index in [9.17, 15) is 5.26 Å². The molecule has 0 saturated heterocycles. The second-order valence-electron chi connectivity index (χ2n) is 6.42. The van der Waals surface area contributed by atoms with Gasteiger partial charge in [-0.2, -0.15) is 5.26 Å². The minimum Gasteiger partial charge on any atom is -0.371 e. The molecule has 0 N–H and O–H groups in total. The zero-order chi connectivity index (χ0) is 13.9. The number of hydrogen-bond acceptors (Lipinski definition) is 2. The lowest BCUT2D eigenvalue weighted by Crippen LogP contribution is -2.36. The number of nitriles is 1. The van der Waals surface area contributed by atoms with Gasteiger partial charge >= 0.3 is 0 Å². The van der Waals surface area contributed by atoms with E-state index in [4.69, 9.17) is 4.74 Å². The van der Waals surface area contributed by atoms with Crippen LogP contribution in [-0.4, -0.2) is 11.7 Å². The molecule has 1 fully saturated rings. The summed E-state index contributed by atoms with van der Waals surface area (Å²) in [5.41, 5.74) is 1.19. The Morgan fingerprint density at radius 1 is 1.16 bits per heavy atom. The van der Waals surface area contributed by atoms with Crippen molar-refractivity contribution < 1.29 is 4.74 Å². The van der Waals surface area contributed by atoms with Crippen LogP contribution >= 0.6 is 0 Å². The van der Waals surface area contributed by atoms with Gasteiger partial charge < -0.3 is 4.74 Å². The van der Waals surface area contributed by atoms with Crippen molar-refractivity contribution in [3.8, 4) is 6.07 Å². The highest BCUT2D eigenvalue weighted by Crippen LogP contribution is 2.38. The molecule has 1 aromatic carbocycles. The number of nitrogens with zero attached hydrogens (tertiary/aromatic N) is 1. The first-order chi connectivity index (χ1) is 8.99. The molecule has 2 rings (SSSR count). The molecule has 0 radical (unpaired) electrons. The molecule has 0 amide bonds. The normalized spacial score (nSPS) is 27.8. The Balaban J connectivity index is 2.10. The van der Waals surface area contributed by atoms with Crippen molar-refractivity contribution in [2.45, 2.75) is 57.7 Å². The van der Waals surface area contributed by atoms with E-state index < -0.39 is 0 Å². The van der Waals surface area contributed by atoms with Crippen molar-refractivity contribution >= 4 is 0 Å². The Hall–Kier alpha value is -1.33. The molecule has 3 unspecified atom stereocenters. The first-order valence-electron chi connectivity index (χ1n) is 7.12. The lowest BCUT2D eigenvalue weighted by molar-refractivity contribution is -0.0909. The lowest BCUT2D eigenvalue weighted by Gasteiger charge is -2.37. The van der Waals surface area contributed by atoms with Gasteiger partial charge in [0.25, 0.3) is 0 Å². The van der Waals surface area contributed by atoms with Crippen molar-refractivity contribution in [3.05, 3.63) is 35.9 Å². The lowest BCUT2D eigenvalue weighted by atomic mass is 9.77. The predicted molar refractivity (Wildman–Crippen MR) is 76.8 cm³/mol. The van der Waals surface area contributed by atoms with Crippen LogP contribution in [0.4, 0.5) is 0 Å². The molecule has 0 aromatic heterocycles. The van der Waals surface area contributed by atoms with Gasteiger partial charge in [-0.15, -0.1) is 0 Å². The summed E-state index contributed by atoms with van der Waals surface area (Å²) in [6.45, 7) is 6.19. The van der Waals surface area contributed by atoms with Crippen molar-refractivity contribution in [1.29, 1.82) is 5.26 Å². The van der Waals surface area contributed by atoms with Crippen LogP contribution in [0.2, 0.25) is 0 Å². The number of benzene rings is 1. The van der Waals surface area contributed by atoms with E-state index in [2.05, 4.69) is 51.1 Å². The molecule has 1 aliphatic rings. The summed E-state index contributed by atoms with van der Waals surface area (Å²) < 4.78 is 6.11. The first kappa shape index (κ1) is 14.1. The van der Waals surface area contributed by atoms with Crippen molar-refractivity contribution in [1.82, 2.24) is 0 Å². The fourth-order valence-electron chi connectivity index (χ4n) is 2.89. The molecule has 102 valence electrons. The molecular formula is C17H23NO. The third kappa shape index (κ3) is 3.81. The van der Waals surface area contributed by atoms with Gasteiger partial charge in [0.1, 0.15) is 0 Å². The summed E-state index contributed by atoms with van der Waals surface area (Å²) in [5.74, 6) is 0.567. The van der Waals surface area contributed by atoms with E-state index in [-0.39, 0.29) is 17.6 Å². The third-order valence-electron chi connectivity index (χ3n) is 3.73. The SMILES string of the molecule is CC(C)(C)OC1CC(c2ccccc2)CCC1C#N. The molecule has 0 bridgehead atoms. The monoisotopic (exact) mass is 257 g/mol. The van der Waals surface area contributed by atoms with E-state index in [1.54, 1.807) is 0 Å². The summed E-state index contributed by atoms with van der Waals surface area (Å²) >= 11 is 0. The smallest absolute Gasteiger partial charge is 0.0746 e. The largest absolute Gasteiger partial charge is 0.371 e. The van der Waals surface area contributed by atoms with Gasteiger partial charge in [-0.3, -0.25) is 0 Å².